The summed E-state index contributed by atoms with van der Waals surface area (Å²) in [4.78, 5) is 0. The smallest absolute Gasteiger partial charge is 0.129 e. The van der Waals surface area contributed by atoms with E-state index in [1.807, 2.05) is 40.0 Å². The number of hydrogen-bond acceptors (Lipinski definition) is 1. The zero-order chi connectivity index (χ0) is 10.4. The van der Waals surface area contributed by atoms with Gasteiger partial charge in [-0.05, 0) is 31.0 Å². The first-order valence-corrected chi connectivity index (χ1v) is 4.51. The molecular formula is C11H18N2. The Morgan fingerprint density at radius 1 is 1.31 bits per heavy atom. The van der Waals surface area contributed by atoms with Gasteiger partial charge in [-0.3, -0.25) is 5.41 Å². The summed E-state index contributed by atoms with van der Waals surface area (Å²) >= 11 is 0. The van der Waals surface area contributed by atoms with E-state index in [9.17, 15) is 0 Å². The van der Waals surface area contributed by atoms with Crippen LogP contribution >= 0.6 is 0 Å². The predicted molar refractivity (Wildman–Crippen MR) is 57.5 cm³/mol. The van der Waals surface area contributed by atoms with Gasteiger partial charge in [0, 0.05) is 12.4 Å². The zero-order valence-corrected chi connectivity index (χ0v) is 8.89. The first-order valence-electron chi connectivity index (χ1n) is 4.51. The highest BCUT2D eigenvalue weighted by Crippen LogP contribution is 2.00. The lowest BCUT2D eigenvalue weighted by Gasteiger charge is -2.03. The molecule has 0 amide bonds. The number of nitrogens with zero attached hydrogens (tertiary/aromatic N) is 1. The van der Waals surface area contributed by atoms with Gasteiger partial charge in [-0.2, -0.15) is 0 Å². The van der Waals surface area contributed by atoms with Crippen LogP contribution in [-0.4, -0.2) is 4.57 Å². The Labute approximate surface area is 80.1 Å². The molecular weight excluding hydrogens is 160 g/mol. The van der Waals surface area contributed by atoms with Crippen molar-refractivity contribution in [1.29, 1.82) is 5.41 Å². The van der Waals surface area contributed by atoms with Gasteiger partial charge in [0.15, 0.2) is 0 Å². The van der Waals surface area contributed by atoms with Crippen molar-refractivity contribution in [3.8, 4) is 0 Å². The number of hydrogen-bond donors (Lipinski definition) is 1. The summed E-state index contributed by atoms with van der Waals surface area (Å²) in [7, 11) is 0. The van der Waals surface area contributed by atoms with Gasteiger partial charge in [0.1, 0.15) is 5.49 Å². The van der Waals surface area contributed by atoms with Crippen molar-refractivity contribution < 1.29 is 0 Å². The molecule has 0 aliphatic heterocycles. The number of pyridine rings is 1. The van der Waals surface area contributed by atoms with Crippen LogP contribution in [-0.2, 0) is 0 Å². The summed E-state index contributed by atoms with van der Waals surface area (Å²) in [5, 5.41) is 7.50. The molecule has 0 saturated heterocycles. The molecule has 0 fully saturated rings. The second-order valence-corrected chi connectivity index (χ2v) is 2.61. The van der Waals surface area contributed by atoms with Crippen molar-refractivity contribution in [2.75, 3.05) is 0 Å². The Morgan fingerprint density at radius 3 is 2.31 bits per heavy atom. The molecule has 1 N–H and O–H groups in total. The number of rotatable bonds is 1. The van der Waals surface area contributed by atoms with E-state index in [0.29, 0.717) is 5.49 Å². The second-order valence-electron chi connectivity index (χ2n) is 2.61. The fourth-order valence-corrected chi connectivity index (χ4v) is 0.924. The lowest BCUT2D eigenvalue weighted by molar-refractivity contribution is 0.953. The Morgan fingerprint density at radius 2 is 1.85 bits per heavy atom. The third-order valence-corrected chi connectivity index (χ3v) is 1.78. The van der Waals surface area contributed by atoms with Gasteiger partial charge in [-0.15, -0.1) is 0 Å². The molecule has 13 heavy (non-hydrogen) atoms. The SMILES string of the molecule is C=Cn1cc(C)c(C)cc1=N.CC. The summed E-state index contributed by atoms with van der Waals surface area (Å²) in [6, 6.07) is 1.83. The highest BCUT2D eigenvalue weighted by atomic mass is 14.9. The van der Waals surface area contributed by atoms with Crippen LogP contribution in [0, 0.1) is 19.3 Å². The Hall–Kier alpha value is -1.31. The summed E-state index contributed by atoms with van der Waals surface area (Å²) in [5.74, 6) is 0. The maximum Gasteiger partial charge on any atom is 0.129 e. The van der Waals surface area contributed by atoms with E-state index in [4.69, 9.17) is 5.41 Å². The van der Waals surface area contributed by atoms with Crippen LogP contribution in [0.5, 0.6) is 0 Å². The minimum absolute atomic E-state index is 0.475. The third-order valence-electron chi connectivity index (χ3n) is 1.78. The van der Waals surface area contributed by atoms with E-state index in [0.717, 1.165) is 5.56 Å². The molecule has 1 aromatic heterocycles. The van der Waals surface area contributed by atoms with Crippen molar-refractivity contribution in [3.05, 3.63) is 35.5 Å². The number of nitrogens with one attached hydrogen (secondary N) is 1. The van der Waals surface area contributed by atoms with Gasteiger partial charge in [-0.25, -0.2) is 0 Å². The highest BCUT2D eigenvalue weighted by Gasteiger charge is 1.92. The molecule has 1 rings (SSSR count). The van der Waals surface area contributed by atoms with Gasteiger partial charge in [0.25, 0.3) is 0 Å². The average Bonchev–Trinajstić information content (AvgIpc) is 2.15. The predicted octanol–water partition coefficient (Wildman–Crippen LogP) is 2.71. The normalized spacial score (nSPS) is 8.62. The third kappa shape index (κ3) is 2.90. The molecule has 0 saturated carbocycles. The van der Waals surface area contributed by atoms with Crippen LogP contribution in [0.25, 0.3) is 6.20 Å². The molecule has 0 radical (unpaired) electrons. The summed E-state index contributed by atoms with van der Waals surface area (Å²) in [6.07, 6.45) is 3.54. The Balaban J connectivity index is 0.000000671. The first-order chi connectivity index (χ1) is 6.15. The maximum absolute atomic E-state index is 7.50. The summed E-state index contributed by atoms with van der Waals surface area (Å²) in [5.41, 5.74) is 2.80. The van der Waals surface area contributed by atoms with Gasteiger partial charge < -0.3 is 4.57 Å². The lowest BCUT2D eigenvalue weighted by Crippen LogP contribution is -2.14. The zero-order valence-electron chi connectivity index (χ0n) is 8.89. The molecule has 0 unspecified atom stereocenters. The van der Waals surface area contributed by atoms with E-state index in [2.05, 4.69) is 6.58 Å². The molecule has 0 atom stereocenters. The fourth-order valence-electron chi connectivity index (χ4n) is 0.924. The minimum atomic E-state index is 0.475. The number of aryl methyl sites for hydroxylation is 2. The van der Waals surface area contributed by atoms with Crippen molar-refractivity contribution in [3.63, 3.8) is 0 Å². The Bertz CT molecular complexity index is 334. The molecule has 2 nitrogen and oxygen atoms in total. The molecule has 0 spiro atoms. The van der Waals surface area contributed by atoms with Gasteiger partial charge >= 0.3 is 0 Å². The molecule has 1 heterocycles. The summed E-state index contributed by atoms with van der Waals surface area (Å²) in [6.45, 7) is 11.6. The van der Waals surface area contributed by atoms with Gasteiger partial charge in [0.05, 0.1) is 0 Å². The van der Waals surface area contributed by atoms with Crippen LogP contribution < -0.4 is 5.49 Å². The minimum Gasteiger partial charge on any atom is -0.309 e. The largest absolute Gasteiger partial charge is 0.309 e. The number of aromatic nitrogens is 1. The van der Waals surface area contributed by atoms with Crippen molar-refractivity contribution in [1.82, 2.24) is 4.57 Å². The van der Waals surface area contributed by atoms with E-state index >= 15 is 0 Å². The average molecular weight is 178 g/mol. The van der Waals surface area contributed by atoms with Crippen LogP contribution in [0.15, 0.2) is 18.8 Å². The summed E-state index contributed by atoms with van der Waals surface area (Å²) < 4.78 is 1.70. The van der Waals surface area contributed by atoms with E-state index < -0.39 is 0 Å². The molecule has 1 aromatic rings. The molecule has 0 aromatic carbocycles. The van der Waals surface area contributed by atoms with E-state index in [1.54, 1.807) is 10.8 Å². The van der Waals surface area contributed by atoms with Crippen LogP contribution in [0.4, 0.5) is 0 Å². The van der Waals surface area contributed by atoms with Crippen LogP contribution in [0.3, 0.4) is 0 Å². The first kappa shape index (κ1) is 11.7. The van der Waals surface area contributed by atoms with Crippen molar-refractivity contribution in [2.45, 2.75) is 27.7 Å². The maximum atomic E-state index is 7.50. The highest BCUT2D eigenvalue weighted by molar-refractivity contribution is 5.26. The van der Waals surface area contributed by atoms with E-state index in [-0.39, 0.29) is 0 Å². The standard InChI is InChI=1S/C9H12N2.C2H6/c1-4-11-6-8(3)7(2)5-9(11)10;1-2/h4-6,10H,1H2,2-3H3;1-2H3. The molecule has 0 bridgehead atoms. The van der Waals surface area contributed by atoms with E-state index in [1.165, 1.54) is 5.56 Å². The molecule has 72 valence electrons. The Kier molecular flexibility index (Phi) is 4.82. The van der Waals surface area contributed by atoms with Crippen molar-refractivity contribution in [2.24, 2.45) is 0 Å². The van der Waals surface area contributed by atoms with Crippen LogP contribution in [0.1, 0.15) is 25.0 Å². The molecule has 2 heteroatoms. The fraction of sp³-hybridized carbons (Fsp3) is 0.364. The van der Waals surface area contributed by atoms with Gasteiger partial charge in [0.2, 0.25) is 0 Å². The quantitative estimate of drug-likeness (QED) is 0.685. The van der Waals surface area contributed by atoms with Crippen molar-refractivity contribution >= 4 is 6.20 Å². The second kappa shape index (κ2) is 5.36. The van der Waals surface area contributed by atoms with Crippen LogP contribution in [0.2, 0.25) is 0 Å². The monoisotopic (exact) mass is 178 g/mol. The molecule has 0 aliphatic carbocycles. The topological polar surface area (TPSA) is 28.8 Å². The van der Waals surface area contributed by atoms with Gasteiger partial charge in [-0.1, -0.05) is 20.4 Å². The molecule has 0 aliphatic rings. The lowest BCUT2D eigenvalue weighted by atomic mass is 10.2.